The van der Waals surface area contributed by atoms with Crippen molar-refractivity contribution in [2.45, 2.75) is 39.5 Å². The molecule has 1 aliphatic rings. The molecule has 2 N–H and O–H groups in total. The summed E-state index contributed by atoms with van der Waals surface area (Å²) in [4.78, 5) is 37.8. The van der Waals surface area contributed by atoms with Crippen molar-refractivity contribution >= 4 is 17.7 Å². The predicted molar refractivity (Wildman–Crippen MR) is 102 cm³/mol. The second-order valence-electron chi connectivity index (χ2n) is 7.65. The zero-order chi connectivity index (χ0) is 19.8. The molecule has 150 valence electrons. The van der Waals surface area contributed by atoms with Gasteiger partial charge >= 0.3 is 0 Å². The van der Waals surface area contributed by atoms with Crippen LogP contribution in [0.3, 0.4) is 0 Å². The molecular weight excluding hydrogens is 346 g/mol. The number of carbonyl (C=O) groups is 3. The van der Waals surface area contributed by atoms with Gasteiger partial charge in [0.15, 0.2) is 0 Å². The van der Waals surface area contributed by atoms with E-state index in [0.717, 1.165) is 19.3 Å². The Morgan fingerprint density at radius 2 is 1.93 bits per heavy atom. The molecule has 0 unspecified atom stereocenters. The molecule has 0 atom stereocenters. The molecule has 1 aliphatic heterocycles. The van der Waals surface area contributed by atoms with Gasteiger partial charge in [0, 0.05) is 39.3 Å². The van der Waals surface area contributed by atoms with E-state index in [4.69, 9.17) is 0 Å². The van der Waals surface area contributed by atoms with Crippen molar-refractivity contribution in [3.8, 4) is 0 Å². The molecule has 0 spiro atoms. The number of carbonyl (C=O) groups excluding carboxylic acids is 3. The number of amides is 3. The average molecular weight is 377 g/mol. The van der Waals surface area contributed by atoms with Gasteiger partial charge in [-0.15, -0.1) is 0 Å². The van der Waals surface area contributed by atoms with Gasteiger partial charge in [-0.05, 0) is 31.1 Å². The number of nitrogens with one attached hydrogen (secondary N) is 2. The van der Waals surface area contributed by atoms with Crippen molar-refractivity contribution in [1.29, 1.82) is 0 Å². The number of hydrogen-bond donors (Lipinski definition) is 2. The molecule has 8 nitrogen and oxygen atoms in total. The Balaban J connectivity index is 1.63. The fourth-order valence-corrected chi connectivity index (χ4v) is 3.06. The second kappa shape index (κ2) is 10.1. The van der Waals surface area contributed by atoms with Crippen molar-refractivity contribution in [2.24, 2.45) is 18.9 Å². The van der Waals surface area contributed by atoms with Crippen molar-refractivity contribution in [3.63, 3.8) is 0 Å². The minimum absolute atomic E-state index is 0.0363. The fraction of sp³-hybridized carbons (Fsp3) is 0.684. The van der Waals surface area contributed by atoms with E-state index in [-0.39, 0.29) is 24.3 Å². The Kier molecular flexibility index (Phi) is 7.82. The summed E-state index contributed by atoms with van der Waals surface area (Å²) in [5.74, 6) is 0.612. The SMILES string of the molecule is CC(C)CCC(=O)NCC(=O)N1CCC(CNC(=O)c2cnn(C)c2)CC1. The second-order valence-corrected chi connectivity index (χ2v) is 7.65. The summed E-state index contributed by atoms with van der Waals surface area (Å²) in [6.07, 6.45) is 6.22. The third-order valence-corrected chi connectivity index (χ3v) is 4.87. The highest BCUT2D eigenvalue weighted by Crippen LogP contribution is 2.16. The summed E-state index contributed by atoms with van der Waals surface area (Å²) >= 11 is 0. The van der Waals surface area contributed by atoms with Crippen molar-refractivity contribution in [3.05, 3.63) is 18.0 Å². The third kappa shape index (κ3) is 7.03. The highest BCUT2D eigenvalue weighted by atomic mass is 16.2. The van der Waals surface area contributed by atoms with Crippen LogP contribution in [0.4, 0.5) is 0 Å². The van der Waals surface area contributed by atoms with E-state index in [1.165, 1.54) is 0 Å². The van der Waals surface area contributed by atoms with Crippen LogP contribution >= 0.6 is 0 Å². The zero-order valence-electron chi connectivity index (χ0n) is 16.5. The summed E-state index contributed by atoms with van der Waals surface area (Å²) in [5.41, 5.74) is 0.554. The Morgan fingerprint density at radius 3 is 2.52 bits per heavy atom. The van der Waals surface area contributed by atoms with Gasteiger partial charge in [0.05, 0.1) is 18.3 Å². The Bertz CT molecular complexity index is 648. The average Bonchev–Trinajstić information content (AvgIpc) is 3.09. The van der Waals surface area contributed by atoms with E-state index < -0.39 is 0 Å². The summed E-state index contributed by atoms with van der Waals surface area (Å²) in [5, 5.41) is 9.64. The van der Waals surface area contributed by atoms with E-state index in [1.807, 2.05) is 0 Å². The molecule has 0 aliphatic carbocycles. The fourth-order valence-electron chi connectivity index (χ4n) is 3.06. The van der Waals surface area contributed by atoms with Crippen LogP contribution < -0.4 is 10.6 Å². The van der Waals surface area contributed by atoms with Gasteiger partial charge in [-0.3, -0.25) is 19.1 Å². The maximum absolute atomic E-state index is 12.2. The van der Waals surface area contributed by atoms with Gasteiger partial charge in [0.25, 0.3) is 5.91 Å². The van der Waals surface area contributed by atoms with Gasteiger partial charge in [-0.2, -0.15) is 5.10 Å². The molecule has 1 fully saturated rings. The van der Waals surface area contributed by atoms with Crippen LogP contribution in [0.1, 0.15) is 49.9 Å². The van der Waals surface area contributed by atoms with Crippen molar-refractivity contribution in [2.75, 3.05) is 26.2 Å². The maximum Gasteiger partial charge on any atom is 0.254 e. The lowest BCUT2D eigenvalue weighted by Crippen LogP contribution is -2.45. The van der Waals surface area contributed by atoms with Crippen LogP contribution in [-0.2, 0) is 16.6 Å². The molecule has 0 saturated carbocycles. The molecule has 2 rings (SSSR count). The molecule has 1 aromatic rings. The van der Waals surface area contributed by atoms with Crippen LogP contribution in [0, 0.1) is 11.8 Å². The Hall–Kier alpha value is -2.38. The molecule has 0 radical (unpaired) electrons. The number of rotatable bonds is 8. The largest absolute Gasteiger partial charge is 0.352 e. The molecule has 1 aromatic heterocycles. The van der Waals surface area contributed by atoms with E-state index in [2.05, 4.69) is 29.6 Å². The van der Waals surface area contributed by atoms with E-state index in [9.17, 15) is 14.4 Å². The summed E-state index contributed by atoms with van der Waals surface area (Å²) < 4.78 is 1.60. The third-order valence-electron chi connectivity index (χ3n) is 4.87. The molecular formula is C19H31N5O3. The number of aryl methyl sites for hydroxylation is 1. The van der Waals surface area contributed by atoms with Crippen molar-refractivity contribution in [1.82, 2.24) is 25.3 Å². The smallest absolute Gasteiger partial charge is 0.254 e. The first-order chi connectivity index (χ1) is 12.8. The standard InChI is InChI=1S/C19H31N5O3/c1-14(2)4-5-17(25)20-12-18(26)24-8-6-15(7-9-24)10-21-19(27)16-11-22-23(3)13-16/h11,13-15H,4-10,12H2,1-3H3,(H,20,25)(H,21,27). The highest BCUT2D eigenvalue weighted by molar-refractivity contribution is 5.93. The summed E-state index contributed by atoms with van der Waals surface area (Å²) in [6.45, 7) is 6.13. The topological polar surface area (TPSA) is 96.3 Å². The lowest BCUT2D eigenvalue weighted by Gasteiger charge is -2.32. The van der Waals surface area contributed by atoms with Crippen LogP contribution in [-0.4, -0.2) is 58.6 Å². The number of hydrogen-bond acceptors (Lipinski definition) is 4. The lowest BCUT2D eigenvalue weighted by molar-refractivity contribution is -0.134. The van der Waals surface area contributed by atoms with Gasteiger partial charge < -0.3 is 15.5 Å². The van der Waals surface area contributed by atoms with E-state index in [1.54, 1.807) is 29.0 Å². The monoisotopic (exact) mass is 377 g/mol. The van der Waals surface area contributed by atoms with Gasteiger partial charge in [0.1, 0.15) is 0 Å². The predicted octanol–water partition coefficient (Wildman–Crippen LogP) is 0.941. The minimum atomic E-state index is -0.120. The van der Waals surface area contributed by atoms with Gasteiger partial charge in [0.2, 0.25) is 11.8 Å². The normalized spacial score (nSPS) is 15.0. The Morgan fingerprint density at radius 1 is 1.22 bits per heavy atom. The lowest BCUT2D eigenvalue weighted by atomic mass is 9.96. The molecule has 2 heterocycles. The summed E-state index contributed by atoms with van der Waals surface area (Å²) in [6, 6.07) is 0. The van der Waals surface area contributed by atoms with Crippen LogP contribution in [0.5, 0.6) is 0 Å². The number of likely N-dealkylation sites (tertiary alicyclic amines) is 1. The van der Waals surface area contributed by atoms with Gasteiger partial charge in [-0.25, -0.2) is 0 Å². The maximum atomic E-state index is 12.2. The number of nitrogens with zero attached hydrogens (tertiary/aromatic N) is 3. The molecule has 27 heavy (non-hydrogen) atoms. The van der Waals surface area contributed by atoms with Crippen LogP contribution in [0.25, 0.3) is 0 Å². The molecule has 0 bridgehead atoms. The zero-order valence-corrected chi connectivity index (χ0v) is 16.5. The molecule has 8 heteroatoms. The van der Waals surface area contributed by atoms with Crippen LogP contribution in [0.15, 0.2) is 12.4 Å². The Labute approximate surface area is 160 Å². The highest BCUT2D eigenvalue weighted by Gasteiger charge is 2.23. The first-order valence-electron chi connectivity index (χ1n) is 9.66. The van der Waals surface area contributed by atoms with E-state index in [0.29, 0.717) is 43.5 Å². The molecule has 1 saturated heterocycles. The first-order valence-corrected chi connectivity index (χ1v) is 9.66. The van der Waals surface area contributed by atoms with Crippen LogP contribution in [0.2, 0.25) is 0 Å². The number of aromatic nitrogens is 2. The van der Waals surface area contributed by atoms with Crippen molar-refractivity contribution < 1.29 is 14.4 Å². The van der Waals surface area contributed by atoms with Gasteiger partial charge in [-0.1, -0.05) is 13.8 Å². The number of piperidine rings is 1. The molecule has 3 amide bonds. The molecule has 0 aromatic carbocycles. The quantitative estimate of drug-likeness (QED) is 0.705. The van der Waals surface area contributed by atoms with E-state index >= 15 is 0 Å². The minimum Gasteiger partial charge on any atom is -0.352 e. The first kappa shape index (κ1) is 20.9. The summed E-state index contributed by atoms with van der Waals surface area (Å²) in [7, 11) is 1.77.